The maximum absolute atomic E-state index is 12.7. The van der Waals surface area contributed by atoms with E-state index in [1.807, 2.05) is 0 Å². The number of rotatable bonds is 3. The third-order valence-electron chi connectivity index (χ3n) is 7.17. The molecule has 1 amide bonds. The average Bonchev–Trinajstić information content (AvgIpc) is 3.09. The SMILES string of the molecule is C[C@H](N)C(=O)N1CCC[C@H]1C(=O)OC1CC2CCC1(C)C2(C)C. The third kappa shape index (κ3) is 2.39. The van der Waals surface area contributed by atoms with Gasteiger partial charge < -0.3 is 15.4 Å². The number of carbonyl (C=O) groups excluding carboxylic acids is 2. The summed E-state index contributed by atoms with van der Waals surface area (Å²) in [4.78, 5) is 26.5. The van der Waals surface area contributed by atoms with Gasteiger partial charge in [-0.2, -0.15) is 0 Å². The molecule has 3 fully saturated rings. The minimum Gasteiger partial charge on any atom is -0.460 e. The minimum absolute atomic E-state index is 0.0170. The van der Waals surface area contributed by atoms with E-state index in [2.05, 4.69) is 20.8 Å². The topological polar surface area (TPSA) is 72.6 Å². The van der Waals surface area contributed by atoms with E-state index >= 15 is 0 Å². The lowest BCUT2D eigenvalue weighted by Gasteiger charge is -2.39. The van der Waals surface area contributed by atoms with E-state index in [0.717, 1.165) is 19.3 Å². The zero-order valence-corrected chi connectivity index (χ0v) is 14.8. The number of hydrogen-bond donors (Lipinski definition) is 1. The third-order valence-corrected chi connectivity index (χ3v) is 7.17. The summed E-state index contributed by atoms with van der Waals surface area (Å²) in [6.07, 6.45) is 4.83. The van der Waals surface area contributed by atoms with Crippen molar-refractivity contribution >= 4 is 11.9 Å². The summed E-state index contributed by atoms with van der Waals surface area (Å²) in [6, 6.07) is -1.01. The summed E-state index contributed by atoms with van der Waals surface area (Å²) < 4.78 is 5.95. The maximum atomic E-state index is 12.7. The van der Waals surface area contributed by atoms with Gasteiger partial charge in [0.1, 0.15) is 12.1 Å². The summed E-state index contributed by atoms with van der Waals surface area (Å²) in [5.41, 5.74) is 5.98. The van der Waals surface area contributed by atoms with Crippen LogP contribution in [-0.4, -0.2) is 41.5 Å². The first kappa shape index (κ1) is 16.7. The molecule has 2 bridgehead atoms. The Hall–Kier alpha value is -1.10. The monoisotopic (exact) mass is 322 g/mol. The highest BCUT2D eigenvalue weighted by molar-refractivity contribution is 5.87. The van der Waals surface area contributed by atoms with Gasteiger partial charge in [-0.3, -0.25) is 4.79 Å². The lowest BCUT2D eigenvalue weighted by atomic mass is 9.70. The smallest absolute Gasteiger partial charge is 0.329 e. The van der Waals surface area contributed by atoms with Gasteiger partial charge in [-0.05, 0) is 50.4 Å². The van der Waals surface area contributed by atoms with Crippen LogP contribution in [0.4, 0.5) is 0 Å². The number of likely N-dealkylation sites (tertiary alicyclic amines) is 1. The van der Waals surface area contributed by atoms with Crippen LogP contribution in [0.5, 0.6) is 0 Å². The highest BCUT2D eigenvalue weighted by Crippen LogP contribution is 2.66. The van der Waals surface area contributed by atoms with Crippen molar-refractivity contribution in [2.75, 3.05) is 6.54 Å². The first-order valence-electron chi connectivity index (χ1n) is 8.95. The van der Waals surface area contributed by atoms with Crippen LogP contribution in [0.15, 0.2) is 0 Å². The van der Waals surface area contributed by atoms with Crippen LogP contribution in [0.25, 0.3) is 0 Å². The molecule has 3 rings (SSSR count). The molecular weight excluding hydrogens is 292 g/mol. The van der Waals surface area contributed by atoms with E-state index in [-0.39, 0.29) is 28.8 Å². The van der Waals surface area contributed by atoms with Gasteiger partial charge in [-0.1, -0.05) is 20.8 Å². The number of ether oxygens (including phenoxy) is 1. The van der Waals surface area contributed by atoms with Crippen molar-refractivity contribution in [1.82, 2.24) is 4.90 Å². The van der Waals surface area contributed by atoms with Crippen molar-refractivity contribution in [3.63, 3.8) is 0 Å². The van der Waals surface area contributed by atoms with Crippen LogP contribution < -0.4 is 5.73 Å². The molecule has 2 aliphatic carbocycles. The fraction of sp³-hybridized carbons (Fsp3) is 0.889. The predicted molar refractivity (Wildman–Crippen MR) is 87.5 cm³/mol. The Morgan fingerprint density at radius 2 is 1.96 bits per heavy atom. The highest BCUT2D eigenvalue weighted by atomic mass is 16.5. The molecule has 1 saturated heterocycles. The van der Waals surface area contributed by atoms with Gasteiger partial charge in [-0.25, -0.2) is 4.79 Å². The van der Waals surface area contributed by atoms with Crippen LogP contribution in [0, 0.1) is 16.7 Å². The van der Waals surface area contributed by atoms with E-state index in [9.17, 15) is 9.59 Å². The number of fused-ring (bicyclic) bond motifs is 2. The van der Waals surface area contributed by atoms with E-state index in [1.165, 1.54) is 6.42 Å². The Bertz CT molecular complexity index is 516. The van der Waals surface area contributed by atoms with Crippen LogP contribution in [0.2, 0.25) is 0 Å². The Balaban J connectivity index is 1.70. The predicted octanol–water partition coefficient (Wildman–Crippen LogP) is 2.08. The zero-order chi connectivity index (χ0) is 17.0. The van der Waals surface area contributed by atoms with Crippen LogP contribution in [-0.2, 0) is 14.3 Å². The van der Waals surface area contributed by atoms with Crippen molar-refractivity contribution in [2.24, 2.45) is 22.5 Å². The number of nitrogens with zero attached hydrogens (tertiary/aromatic N) is 1. The van der Waals surface area contributed by atoms with Crippen LogP contribution in [0.3, 0.4) is 0 Å². The molecule has 0 aromatic rings. The second kappa shape index (κ2) is 5.47. The van der Waals surface area contributed by atoms with Crippen molar-refractivity contribution < 1.29 is 14.3 Å². The minimum atomic E-state index is -0.567. The van der Waals surface area contributed by atoms with Crippen molar-refractivity contribution in [2.45, 2.75) is 78.0 Å². The van der Waals surface area contributed by atoms with Crippen LogP contribution >= 0.6 is 0 Å². The second-order valence-corrected chi connectivity index (χ2v) is 8.51. The first-order valence-corrected chi connectivity index (χ1v) is 8.95. The second-order valence-electron chi connectivity index (χ2n) is 8.51. The molecule has 23 heavy (non-hydrogen) atoms. The van der Waals surface area contributed by atoms with Crippen LogP contribution in [0.1, 0.15) is 59.8 Å². The number of esters is 1. The number of hydrogen-bond acceptors (Lipinski definition) is 4. The normalized spacial score (nSPS) is 39.5. The van der Waals surface area contributed by atoms with Gasteiger partial charge in [0.25, 0.3) is 0 Å². The van der Waals surface area contributed by atoms with E-state index in [1.54, 1.807) is 11.8 Å². The molecule has 1 heterocycles. The first-order chi connectivity index (χ1) is 10.7. The van der Waals surface area contributed by atoms with Gasteiger partial charge in [-0.15, -0.1) is 0 Å². The molecular formula is C18H30N2O3. The summed E-state index contributed by atoms with van der Waals surface area (Å²) in [6.45, 7) is 9.15. The fourth-order valence-corrected chi connectivity index (χ4v) is 5.06. The molecule has 0 spiro atoms. The van der Waals surface area contributed by atoms with E-state index in [0.29, 0.717) is 18.9 Å². The van der Waals surface area contributed by atoms with Crippen molar-refractivity contribution in [3.8, 4) is 0 Å². The molecule has 2 N–H and O–H groups in total. The fourth-order valence-electron chi connectivity index (χ4n) is 5.06. The summed E-state index contributed by atoms with van der Waals surface area (Å²) in [5, 5.41) is 0. The number of carbonyl (C=O) groups is 2. The molecule has 3 unspecified atom stereocenters. The summed E-state index contributed by atoms with van der Waals surface area (Å²) >= 11 is 0. The van der Waals surface area contributed by atoms with Gasteiger partial charge in [0.05, 0.1) is 6.04 Å². The largest absolute Gasteiger partial charge is 0.460 e. The molecule has 0 radical (unpaired) electrons. The zero-order valence-electron chi connectivity index (χ0n) is 14.8. The standard InChI is InChI=1S/C18H30N2O3/c1-11(19)15(21)20-9-5-6-13(20)16(22)23-14-10-12-7-8-18(14,4)17(12,2)3/h11-14H,5-10,19H2,1-4H3/t11-,12?,13-,14?,18?/m0/s1. The van der Waals surface area contributed by atoms with E-state index < -0.39 is 12.1 Å². The molecule has 5 heteroatoms. The van der Waals surface area contributed by atoms with Crippen molar-refractivity contribution in [3.05, 3.63) is 0 Å². The van der Waals surface area contributed by atoms with Gasteiger partial charge in [0, 0.05) is 12.0 Å². The van der Waals surface area contributed by atoms with Gasteiger partial charge in [0.2, 0.25) is 5.91 Å². The molecule has 0 aromatic heterocycles. The molecule has 5 nitrogen and oxygen atoms in total. The van der Waals surface area contributed by atoms with Gasteiger partial charge in [0.15, 0.2) is 0 Å². The molecule has 5 atom stereocenters. The number of amides is 1. The maximum Gasteiger partial charge on any atom is 0.329 e. The quantitative estimate of drug-likeness (QED) is 0.808. The molecule has 130 valence electrons. The van der Waals surface area contributed by atoms with E-state index in [4.69, 9.17) is 10.5 Å². The summed E-state index contributed by atoms with van der Waals surface area (Å²) in [7, 11) is 0. The van der Waals surface area contributed by atoms with Gasteiger partial charge >= 0.3 is 5.97 Å². The Morgan fingerprint density at radius 1 is 1.26 bits per heavy atom. The molecule has 3 aliphatic rings. The Kier molecular flexibility index (Phi) is 3.98. The lowest BCUT2D eigenvalue weighted by Crippen LogP contribution is -2.49. The molecule has 2 saturated carbocycles. The number of nitrogens with two attached hydrogens (primary N) is 1. The summed E-state index contributed by atoms with van der Waals surface area (Å²) in [5.74, 6) is 0.255. The Morgan fingerprint density at radius 3 is 2.48 bits per heavy atom. The Labute approximate surface area is 138 Å². The van der Waals surface area contributed by atoms with Crippen molar-refractivity contribution in [1.29, 1.82) is 0 Å². The molecule has 1 aliphatic heterocycles. The highest BCUT2D eigenvalue weighted by Gasteiger charge is 2.63. The lowest BCUT2D eigenvalue weighted by molar-refractivity contribution is -0.165. The average molecular weight is 322 g/mol. The molecule has 0 aromatic carbocycles.